The monoisotopic (exact) mass is 302 g/mol. The van der Waals surface area contributed by atoms with Crippen LogP contribution in [0.2, 0.25) is 0 Å². The molecular weight excluding hydrogens is 271 g/mol. The van der Waals surface area contributed by atoms with Gasteiger partial charge in [0.2, 0.25) is 0 Å². The van der Waals surface area contributed by atoms with Crippen molar-refractivity contribution >= 4 is 17.4 Å². The Kier molecular flexibility index (Phi) is 17.4. The van der Waals surface area contributed by atoms with Gasteiger partial charge in [-0.25, -0.2) is 0 Å². The zero-order valence-corrected chi connectivity index (χ0v) is 15.6. The summed E-state index contributed by atoms with van der Waals surface area (Å²) in [7, 11) is 0. The maximum Gasteiger partial charge on any atom is 3.00 e. The fraction of sp³-hybridized carbons (Fsp3) is 0.474. The molecule has 0 saturated heterocycles. The molecule has 1 nitrogen and oxygen atoms in total. The molecule has 0 spiro atoms. The van der Waals surface area contributed by atoms with Crippen LogP contribution in [-0.4, -0.2) is 24.0 Å². The van der Waals surface area contributed by atoms with Crippen LogP contribution in [0.25, 0.3) is 0 Å². The molecule has 0 heterocycles. The molecule has 0 fully saturated rings. The van der Waals surface area contributed by atoms with Crippen LogP contribution in [0.15, 0.2) is 35.9 Å². The summed E-state index contributed by atoms with van der Waals surface area (Å²) in [5.74, 6) is 1.23. The van der Waals surface area contributed by atoms with E-state index in [9.17, 15) is 0 Å². The molecule has 0 saturated carbocycles. The Bertz CT molecular complexity index is 348. The van der Waals surface area contributed by atoms with Crippen LogP contribution < -0.4 is 0 Å². The Labute approximate surface area is 143 Å². The van der Waals surface area contributed by atoms with Crippen LogP contribution >= 0.6 is 0 Å². The Morgan fingerprint density at radius 3 is 2.19 bits per heavy atom. The first-order valence-electron chi connectivity index (χ1n) is 6.77. The van der Waals surface area contributed by atoms with Crippen LogP contribution in [0.4, 0.5) is 0 Å². The maximum absolute atomic E-state index is 5.75. The van der Waals surface area contributed by atoms with Crippen molar-refractivity contribution in [1.82, 2.24) is 0 Å². The van der Waals surface area contributed by atoms with Gasteiger partial charge in [0.1, 0.15) is 0 Å². The summed E-state index contributed by atoms with van der Waals surface area (Å²) < 4.78 is 5.75. The normalized spacial score (nSPS) is 12.1. The summed E-state index contributed by atoms with van der Waals surface area (Å²) >= 11 is 0. The molecule has 21 heavy (non-hydrogen) atoms. The van der Waals surface area contributed by atoms with Gasteiger partial charge in [-0.15, -0.1) is 0 Å². The van der Waals surface area contributed by atoms with E-state index >= 15 is 0 Å². The minimum absolute atomic E-state index is 0. The van der Waals surface area contributed by atoms with Crippen LogP contribution in [0, 0.1) is 33.3 Å². The third-order valence-electron chi connectivity index (χ3n) is 2.99. The molecule has 0 bridgehead atoms. The van der Waals surface area contributed by atoms with Crippen molar-refractivity contribution < 1.29 is 4.74 Å². The van der Waals surface area contributed by atoms with Crippen LogP contribution in [0.1, 0.15) is 39.2 Å². The number of ether oxygens (including phenoxy) is 1. The topological polar surface area (TPSA) is 9.23 Å². The smallest absolute Gasteiger partial charge is 0.515 e. The van der Waals surface area contributed by atoms with Crippen molar-refractivity contribution in [2.75, 3.05) is 6.61 Å². The van der Waals surface area contributed by atoms with Gasteiger partial charge in [-0.3, -0.25) is 5.57 Å². The molecule has 0 aromatic heterocycles. The Morgan fingerprint density at radius 2 is 1.67 bits per heavy atom. The van der Waals surface area contributed by atoms with E-state index in [-0.39, 0.29) is 32.2 Å². The minimum atomic E-state index is 0. The Morgan fingerprint density at radius 1 is 1.10 bits per heavy atom. The van der Waals surface area contributed by atoms with E-state index in [1.165, 1.54) is 12.0 Å². The standard InChI is InChI=1S/C17H25O.2CH3.Al/c1-14(2)10-15(3)11-16(4)12-18-13-17-8-6-5-7-9-17;;;/h1,5-9,15-16H,10-13H2,2-4H3;2*1H3;/q3*-1;+3/t15-,16+;;;/m1.../s1. The van der Waals surface area contributed by atoms with Crippen molar-refractivity contribution in [3.63, 3.8) is 0 Å². The van der Waals surface area contributed by atoms with E-state index in [0.717, 1.165) is 18.6 Å². The molecular formula is C19H31AlO. The van der Waals surface area contributed by atoms with Gasteiger partial charge in [-0.1, -0.05) is 57.5 Å². The Hall–Kier alpha value is -0.548. The minimum Gasteiger partial charge on any atom is -0.515 e. The van der Waals surface area contributed by atoms with E-state index in [0.29, 0.717) is 18.4 Å². The van der Waals surface area contributed by atoms with Crippen LogP contribution in [0.3, 0.4) is 0 Å². The van der Waals surface area contributed by atoms with E-state index in [2.05, 4.69) is 26.0 Å². The van der Waals surface area contributed by atoms with Crippen LogP contribution in [0.5, 0.6) is 0 Å². The predicted molar refractivity (Wildman–Crippen MR) is 95.7 cm³/mol. The summed E-state index contributed by atoms with van der Waals surface area (Å²) in [5, 5.41) is 0. The number of hydrogen-bond donors (Lipinski definition) is 0. The third-order valence-corrected chi connectivity index (χ3v) is 2.99. The largest absolute Gasteiger partial charge is 3.00 e. The summed E-state index contributed by atoms with van der Waals surface area (Å²) in [6, 6.07) is 10.3. The number of benzene rings is 1. The quantitative estimate of drug-likeness (QED) is 0.476. The van der Waals surface area contributed by atoms with Crippen LogP contribution in [-0.2, 0) is 11.3 Å². The van der Waals surface area contributed by atoms with Crippen molar-refractivity contribution in [2.45, 2.75) is 40.2 Å². The second-order valence-electron chi connectivity index (χ2n) is 5.50. The summed E-state index contributed by atoms with van der Waals surface area (Å²) in [6.45, 7) is 13.8. The van der Waals surface area contributed by atoms with E-state index in [1.54, 1.807) is 0 Å². The molecule has 0 aliphatic heterocycles. The average Bonchev–Trinajstić information content (AvgIpc) is 2.29. The van der Waals surface area contributed by atoms with Crippen molar-refractivity contribution in [3.8, 4) is 0 Å². The number of rotatable bonds is 8. The first-order valence-corrected chi connectivity index (χ1v) is 6.77. The van der Waals surface area contributed by atoms with Crippen molar-refractivity contribution in [3.05, 3.63) is 62.9 Å². The fourth-order valence-corrected chi connectivity index (χ4v) is 2.34. The summed E-state index contributed by atoms with van der Waals surface area (Å²) in [5.41, 5.74) is 2.27. The molecule has 0 aliphatic rings. The number of allylic oxidation sites excluding steroid dienone is 1. The van der Waals surface area contributed by atoms with E-state index in [1.807, 2.05) is 25.1 Å². The zero-order valence-electron chi connectivity index (χ0n) is 14.4. The van der Waals surface area contributed by atoms with E-state index in [4.69, 9.17) is 11.3 Å². The van der Waals surface area contributed by atoms with Gasteiger partial charge in [0.25, 0.3) is 0 Å². The van der Waals surface area contributed by atoms with Gasteiger partial charge < -0.3 is 26.2 Å². The SMILES string of the molecule is [Al+3].[CH-]=C(C)C[C@@H](C)C[C@H](C)COCc1ccccc1.[CH3-].[CH3-]. The molecule has 0 radical (unpaired) electrons. The molecule has 1 rings (SSSR count). The first-order chi connectivity index (χ1) is 8.58. The molecule has 1 aromatic carbocycles. The first kappa shape index (κ1) is 25.4. The van der Waals surface area contributed by atoms with Gasteiger partial charge >= 0.3 is 17.4 Å². The van der Waals surface area contributed by atoms with Crippen molar-refractivity contribution in [1.29, 1.82) is 0 Å². The molecule has 2 heteroatoms. The van der Waals surface area contributed by atoms with Gasteiger partial charge in [0.15, 0.2) is 0 Å². The third kappa shape index (κ3) is 12.9. The van der Waals surface area contributed by atoms with E-state index < -0.39 is 0 Å². The van der Waals surface area contributed by atoms with Gasteiger partial charge in [0, 0.05) is 6.61 Å². The second kappa shape index (κ2) is 14.4. The average molecular weight is 302 g/mol. The number of hydrogen-bond acceptors (Lipinski definition) is 1. The summed E-state index contributed by atoms with van der Waals surface area (Å²) in [4.78, 5) is 0. The fourth-order valence-electron chi connectivity index (χ4n) is 2.34. The zero-order chi connectivity index (χ0) is 13.4. The van der Waals surface area contributed by atoms with Gasteiger partial charge in [-0.05, 0) is 23.8 Å². The molecule has 1 aromatic rings. The molecule has 116 valence electrons. The van der Waals surface area contributed by atoms with Gasteiger partial charge in [-0.2, -0.15) is 0 Å². The molecule has 0 aliphatic carbocycles. The Balaban J connectivity index is -0.00000108. The predicted octanol–water partition coefficient (Wildman–Crippen LogP) is 5.15. The molecule has 0 N–H and O–H groups in total. The van der Waals surface area contributed by atoms with Crippen molar-refractivity contribution in [2.24, 2.45) is 11.8 Å². The summed E-state index contributed by atoms with van der Waals surface area (Å²) in [6.07, 6.45) is 2.19. The maximum atomic E-state index is 5.75. The van der Waals surface area contributed by atoms with Gasteiger partial charge in [0.05, 0.1) is 6.61 Å². The molecule has 2 atom stereocenters. The molecule has 0 unspecified atom stereocenters. The second-order valence-corrected chi connectivity index (χ2v) is 5.50. The molecule has 0 amide bonds.